The van der Waals surface area contributed by atoms with Crippen LogP contribution in [0.5, 0.6) is 0 Å². The van der Waals surface area contributed by atoms with Gasteiger partial charge in [-0.3, -0.25) is 4.79 Å². The summed E-state index contributed by atoms with van der Waals surface area (Å²) in [4.78, 5) is 22.6. The average molecular weight is 384 g/mol. The number of nitrogens with one attached hydrogen (secondary N) is 1. The largest absolute Gasteiger partial charge is 0.333 e. The van der Waals surface area contributed by atoms with Crippen molar-refractivity contribution in [2.24, 2.45) is 0 Å². The van der Waals surface area contributed by atoms with E-state index in [9.17, 15) is 4.79 Å². The number of fused-ring (bicyclic) bond motifs is 1. The Morgan fingerprint density at radius 1 is 1.37 bits per heavy atom. The van der Waals surface area contributed by atoms with Crippen molar-refractivity contribution < 1.29 is 4.79 Å². The van der Waals surface area contributed by atoms with Gasteiger partial charge in [0, 0.05) is 36.6 Å². The molecule has 0 spiro atoms. The fraction of sp³-hybridized carbons (Fsp3) is 0.450. The van der Waals surface area contributed by atoms with Crippen molar-refractivity contribution >= 4 is 28.3 Å². The zero-order valence-corrected chi connectivity index (χ0v) is 17.0. The first kappa shape index (κ1) is 18.1. The van der Waals surface area contributed by atoms with Crippen LogP contribution in [0.4, 0.5) is 0 Å². The van der Waals surface area contributed by atoms with Crippen LogP contribution in [-0.4, -0.2) is 51.2 Å². The van der Waals surface area contributed by atoms with Gasteiger partial charge < -0.3 is 10.2 Å². The minimum absolute atomic E-state index is 0.0641. The fourth-order valence-corrected chi connectivity index (χ4v) is 4.40. The van der Waals surface area contributed by atoms with Crippen molar-refractivity contribution in [1.82, 2.24) is 25.0 Å². The van der Waals surface area contributed by atoms with Crippen LogP contribution in [0.25, 0.3) is 21.6 Å². The van der Waals surface area contributed by atoms with E-state index in [0.717, 1.165) is 41.2 Å². The van der Waals surface area contributed by atoms with Crippen molar-refractivity contribution in [1.29, 1.82) is 0 Å². The summed E-state index contributed by atoms with van der Waals surface area (Å²) in [5.41, 5.74) is 2.32. The second kappa shape index (κ2) is 7.05. The number of aryl methyl sites for hydroxylation is 1. The Morgan fingerprint density at radius 2 is 2.19 bits per heavy atom. The molecule has 0 aliphatic carbocycles. The van der Waals surface area contributed by atoms with Gasteiger partial charge in [0.05, 0.1) is 27.7 Å². The van der Waals surface area contributed by atoms with E-state index in [0.29, 0.717) is 5.56 Å². The molecule has 7 heteroatoms. The minimum atomic E-state index is 0.0641. The number of pyridine rings is 1. The summed E-state index contributed by atoms with van der Waals surface area (Å²) in [7, 11) is 0. The molecule has 1 aliphatic heterocycles. The van der Waals surface area contributed by atoms with Crippen molar-refractivity contribution in [3.8, 4) is 10.6 Å². The second-order valence-corrected chi connectivity index (χ2v) is 8.73. The molecule has 4 heterocycles. The van der Waals surface area contributed by atoms with Gasteiger partial charge in [0.25, 0.3) is 5.91 Å². The van der Waals surface area contributed by atoms with E-state index in [-0.39, 0.29) is 18.0 Å². The monoisotopic (exact) mass is 383 g/mol. The van der Waals surface area contributed by atoms with Crippen LogP contribution >= 0.6 is 11.3 Å². The summed E-state index contributed by atoms with van der Waals surface area (Å²) < 4.78 is 1.90. The molecule has 27 heavy (non-hydrogen) atoms. The van der Waals surface area contributed by atoms with Crippen LogP contribution in [0, 0.1) is 6.92 Å². The molecule has 142 valence electrons. The summed E-state index contributed by atoms with van der Waals surface area (Å²) in [6, 6.07) is 6.45. The summed E-state index contributed by atoms with van der Waals surface area (Å²) in [6.45, 7) is 10.7. The molecular formula is C20H25N5OS. The highest BCUT2D eigenvalue weighted by Gasteiger charge is 2.27. The number of carbonyl (C=O) groups is 1. The maximum Gasteiger partial charge on any atom is 0.255 e. The minimum Gasteiger partial charge on any atom is -0.333 e. The number of piperazine rings is 1. The van der Waals surface area contributed by atoms with Gasteiger partial charge in [-0.05, 0) is 45.9 Å². The topological polar surface area (TPSA) is 63.1 Å². The molecule has 6 nitrogen and oxygen atoms in total. The molecule has 3 aromatic heterocycles. The number of aromatic nitrogens is 3. The van der Waals surface area contributed by atoms with Gasteiger partial charge in [-0.2, -0.15) is 5.10 Å². The number of hydrogen-bond donors (Lipinski definition) is 1. The lowest BCUT2D eigenvalue weighted by Crippen LogP contribution is -2.52. The molecule has 3 aromatic rings. The molecular weight excluding hydrogens is 358 g/mol. The Hall–Kier alpha value is -2.25. The summed E-state index contributed by atoms with van der Waals surface area (Å²) >= 11 is 1.70. The van der Waals surface area contributed by atoms with Crippen LogP contribution in [0.3, 0.4) is 0 Å². The lowest BCUT2D eigenvalue weighted by Gasteiger charge is -2.34. The predicted molar refractivity (Wildman–Crippen MR) is 109 cm³/mol. The lowest BCUT2D eigenvalue weighted by molar-refractivity contribution is 0.0658. The maximum absolute atomic E-state index is 13.4. The van der Waals surface area contributed by atoms with Crippen LogP contribution in [0.2, 0.25) is 0 Å². The lowest BCUT2D eigenvalue weighted by atomic mass is 10.1. The Morgan fingerprint density at radius 3 is 2.85 bits per heavy atom. The Kier molecular flexibility index (Phi) is 4.74. The number of carbonyl (C=O) groups excluding carboxylic acids is 1. The van der Waals surface area contributed by atoms with E-state index in [1.54, 1.807) is 17.5 Å². The Balaban J connectivity index is 1.88. The summed E-state index contributed by atoms with van der Waals surface area (Å²) in [5.74, 6) is 0.0641. The summed E-state index contributed by atoms with van der Waals surface area (Å²) in [5, 5.41) is 8.69. The Labute approximate surface area is 163 Å². The highest BCUT2D eigenvalue weighted by atomic mass is 32.1. The third kappa shape index (κ3) is 3.26. The third-order valence-electron chi connectivity index (χ3n) is 5.04. The molecule has 0 unspecified atom stereocenters. The molecule has 0 saturated carbocycles. The molecule has 1 amide bonds. The molecule has 1 fully saturated rings. The first-order valence-electron chi connectivity index (χ1n) is 9.42. The third-order valence-corrected chi connectivity index (χ3v) is 6.06. The van der Waals surface area contributed by atoms with Crippen molar-refractivity contribution in [3.05, 3.63) is 34.8 Å². The molecule has 1 saturated heterocycles. The molecule has 0 aromatic carbocycles. The van der Waals surface area contributed by atoms with E-state index in [2.05, 4.69) is 50.2 Å². The number of rotatable bonds is 3. The van der Waals surface area contributed by atoms with Crippen LogP contribution in [0.15, 0.2) is 24.4 Å². The van der Waals surface area contributed by atoms with Crippen LogP contribution in [-0.2, 0) is 0 Å². The van der Waals surface area contributed by atoms with E-state index in [1.165, 1.54) is 4.88 Å². The van der Waals surface area contributed by atoms with Gasteiger partial charge in [-0.25, -0.2) is 9.67 Å². The zero-order chi connectivity index (χ0) is 19.1. The maximum atomic E-state index is 13.4. The molecule has 4 rings (SSSR count). The van der Waals surface area contributed by atoms with E-state index in [4.69, 9.17) is 4.98 Å². The van der Waals surface area contributed by atoms with Crippen molar-refractivity contribution in [2.45, 2.75) is 39.8 Å². The van der Waals surface area contributed by atoms with Crippen LogP contribution < -0.4 is 5.32 Å². The van der Waals surface area contributed by atoms with Crippen molar-refractivity contribution in [3.63, 3.8) is 0 Å². The zero-order valence-electron chi connectivity index (χ0n) is 16.2. The number of hydrogen-bond acceptors (Lipinski definition) is 5. The van der Waals surface area contributed by atoms with Gasteiger partial charge in [-0.1, -0.05) is 0 Å². The molecule has 1 N–H and O–H groups in total. The SMILES string of the molecule is Cc1ccc(-c2cc(C(=O)N3CCNC[C@@H]3C)c3cnn(C(C)C)c3n2)s1. The first-order chi connectivity index (χ1) is 13.0. The number of nitrogens with zero attached hydrogens (tertiary/aromatic N) is 4. The quantitative estimate of drug-likeness (QED) is 0.752. The van der Waals surface area contributed by atoms with Gasteiger partial charge in [0.2, 0.25) is 0 Å². The summed E-state index contributed by atoms with van der Waals surface area (Å²) in [6.07, 6.45) is 1.78. The van der Waals surface area contributed by atoms with Gasteiger partial charge in [0.15, 0.2) is 5.65 Å². The normalized spacial score (nSPS) is 17.8. The molecule has 1 aliphatic rings. The highest BCUT2D eigenvalue weighted by molar-refractivity contribution is 7.15. The van der Waals surface area contributed by atoms with Gasteiger partial charge in [-0.15, -0.1) is 11.3 Å². The first-order valence-corrected chi connectivity index (χ1v) is 10.2. The second-order valence-electron chi connectivity index (χ2n) is 7.44. The molecule has 1 atom stereocenters. The number of thiophene rings is 1. The molecule has 0 bridgehead atoms. The molecule has 0 radical (unpaired) electrons. The van der Waals surface area contributed by atoms with Gasteiger partial charge >= 0.3 is 0 Å². The Bertz CT molecular complexity index is 990. The fourth-order valence-electron chi connectivity index (χ4n) is 3.57. The smallest absolute Gasteiger partial charge is 0.255 e. The predicted octanol–water partition coefficient (Wildman–Crippen LogP) is 3.48. The number of amides is 1. The van der Waals surface area contributed by atoms with Gasteiger partial charge in [0.1, 0.15) is 0 Å². The van der Waals surface area contributed by atoms with E-state index < -0.39 is 0 Å². The van der Waals surface area contributed by atoms with Crippen LogP contribution in [0.1, 0.15) is 42.0 Å². The standard InChI is InChI=1S/C20H25N5OS/c1-12(2)25-19-16(11-22-25)15(20(26)24-8-7-21-10-13(24)3)9-17(23-19)18-6-5-14(4)27-18/h5-6,9,11-13,21H,7-8,10H2,1-4H3/t13-/m0/s1. The van der Waals surface area contributed by atoms with Crippen molar-refractivity contribution in [2.75, 3.05) is 19.6 Å². The van der Waals surface area contributed by atoms with E-state index in [1.807, 2.05) is 15.6 Å². The highest BCUT2D eigenvalue weighted by Crippen LogP contribution is 2.31. The van der Waals surface area contributed by atoms with E-state index >= 15 is 0 Å². The average Bonchev–Trinajstić information content (AvgIpc) is 3.27.